The van der Waals surface area contributed by atoms with Crippen LogP contribution in [-0.2, 0) is 0 Å². The van der Waals surface area contributed by atoms with Crippen molar-refractivity contribution in [1.82, 2.24) is 9.55 Å². The van der Waals surface area contributed by atoms with Gasteiger partial charge in [-0.25, -0.2) is 0 Å². The van der Waals surface area contributed by atoms with Gasteiger partial charge >= 0.3 is 0 Å². The molecule has 0 fully saturated rings. The Labute approximate surface area is 214 Å². The van der Waals surface area contributed by atoms with Gasteiger partial charge in [0.05, 0.1) is 34.6 Å². The molecule has 34 heavy (non-hydrogen) atoms. The van der Waals surface area contributed by atoms with Gasteiger partial charge in [-0.2, -0.15) is 0 Å². The second-order valence-electron chi connectivity index (χ2n) is 7.31. The fourth-order valence-electron chi connectivity index (χ4n) is 3.60. The first-order chi connectivity index (χ1) is 16.2. The number of rotatable bonds is 6. The van der Waals surface area contributed by atoms with E-state index in [9.17, 15) is 14.7 Å². The quantitative estimate of drug-likeness (QED) is 0.262. The molecule has 2 aromatic carbocycles. The van der Waals surface area contributed by atoms with Gasteiger partial charge in [-0.1, -0.05) is 70.7 Å². The van der Waals surface area contributed by atoms with Crippen LogP contribution in [-0.4, -0.2) is 33.3 Å². The Morgan fingerprint density at radius 2 is 1.65 bits per heavy atom. The summed E-state index contributed by atoms with van der Waals surface area (Å²) < 4.78 is 6.54. The van der Waals surface area contributed by atoms with Gasteiger partial charge in [-0.05, 0) is 36.8 Å². The highest BCUT2D eigenvalue weighted by molar-refractivity contribution is 6.45. The first-order valence-electron chi connectivity index (χ1n) is 9.82. The lowest BCUT2D eigenvalue weighted by atomic mass is 10.0. The zero-order chi connectivity index (χ0) is 24.7. The highest BCUT2D eigenvalue weighted by Gasteiger charge is 2.30. The molecule has 4 rings (SSSR count). The van der Waals surface area contributed by atoms with E-state index in [2.05, 4.69) is 4.98 Å². The maximum absolute atomic E-state index is 13.5. The number of nitrogens with zero attached hydrogens (tertiary/aromatic N) is 1. The molecule has 2 heterocycles. The Bertz CT molecular complexity index is 1460. The number of aryl methyl sites for hydroxylation is 1. The fraction of sp³-hybridized carbons (Fsp3) is 0.0833. The van der Waals surface area contributed by atoms with Crippen molar-refractivity contribution in [1.29, 1.82) is 0 Å². The van der Waals surface area contributed by atoms with Crippen molar-refractivity contribution >= 4 is 58.0 Å². The topological polar surface area (TPSA) is 84.3 Å². The summed E-state index contributed by atoms with van der Waals surface area (Å²) in [6.07, 6.45) is 0. The summed E-state index contributed by atoms with van der Waals surface area (Å²) in [5.41, 5.74) is 0.756. The van der Waals surface area contributed by atoms with E-state index in [1.807, 2.05) is 0 Å². The number of methoxy groups -OCH3 is 1. The zero-order valence-electron chi connectivity index (χ0n) is 17.7. The van der Waals surface area contributed by atoms with Crippen LogP contribution in [0.2, 0.25) is 20.4 Å². The molecule has 10 heteroatoms. The van der Waals surface area contributed by atoms with E-state index in [0.29, 0.717) is 11.3 Å². The molecule has 0 saturated carbocycles. The molecule has 0 radical (unpaired) electrons. The first-order valence-corrected chi connectivity index (χ1v) is 11.3. The van der Waals surface area contributed by atoms with Crippen molar-refractivity contribution in [2.45, 2.75) is 6.92 Å². The van der Waals surface area contributed by atoms with Gasteiger partial charge in [-0.15, -0.1) is 0 Å². The van der Waals surface area contributed by atoms with Gasteiger partial charge in [0.25, 0.3) is 0 Å². The van der Waals surface area contributed by atoms with Gasteiger partial charge < -0.3 is 14.8 Å². The lowest BCUT2D eigenvalue weighted by molar-refractivity contribution is 0.101. The summed E-state index contributed by atoms with van der Waals surface area (Å²) in [7, 11) is 1.44. The number of hydrogen-bond acceptors (Lipinski definition) is 4. The van der Waals surface area contributed by atoms with Crippen molar-refractivity contribution in [3.63, 3.8) is 0 Å². The monoisotopic (exact) mass is 536 g/mol. The van der Waals surface area contributed by atoms with Crippen molar-refractivity contribution in [3.05, 3.63) is 97.0 Å². The van der Waals surface area contributed by atoms with Crippen LogP contribution < -0.4 is 4.74 Å². The lowest BCUT2D eigenvalue weighted by Crippen LogP contribution is -2.13. The van der Waals surface area contributed by atoms with Crippen LogP contribution in [0.5, 0.6) is 11.5 Å². The maximum Gasteiger partial charge on any atom is 0.215 e. The van der Waals surface area contributed by atoms with Crippen LogP contribution in [0.15, 0.2) is 48.5 Å². The lowest BCUT2D eigenvalue weighted by Gasteiger charge is -2.13. The largest absolute Gasteiger partial charge is 0.507 e. The molecule has 6 nitrogen and oxygen atoms in total. The number of H-pyrrole nitrogens is 1. The van der Waals surface area contributed by atoms with Crippen molar-refractivity contribution < 1.29 is 19.4 Å². The van der Waals surface area contributed by atoms with Gasteiger partial charge in [-0.3, -0.25) is 14.2 Å². The number of ketones is 2. The Balaban J connectivity index is 1.96. The summed E-state index contributed by atoms with van der Waals surface area (Å²) in [6, 6.07) is 12.7. The van der Waals surface area contributed by atoms with Gasteiger partial charge in [0.2, 0.25) is 11.6 Å². The minimum Gasteiger partial charge on any atom is -0.507 e. The second kappa shape index (κ2) is 9.39. The number of benzene rings is 2. The van der Waals surface area contributed by atoms with Crippen LogP contribution in [0, 0.1) is 6.92 Å². The van der Waals surface area contributed by atoms with E-state index < -0.39 is 11.6 Å². The Morgan fingerprint density at radius 1 is 0.971 bits per heavy atom. The number of aromatic hydroxyl groups is 1. The highest BCUT2D eigenvalue weighted by atomic mass is 35.5. The molecule has 0 saturated heterocycles. The third-order valence-electron chi connectivity index (χ3n) is 5.29. The maximum atomic E-state index is 13.5. The minimum absolute atomic E-state index is 0.0254. The van der Waals surface area contributed by atoms with Crippen molar-refractivity contribution in [2.24, 2.45) is 0 Å². The summed E-state index contributed by atoms with van der Waals surface area (Å²) in [5.74, 6) is -0.938. The van der Waals surface area contributed by atoms with E-state index in [0.717, 1.165) is 0 Å². The molecule has 0 aliphatic heterocycles. The second-order valence-corrected chi connectivity index (χ2v) is 8.83. The average molecular weight is 538 g/mol. The summed E-state index contributed by atoms with van der Waals surface area (Å²) in [5, 5.41) is 10.4. The number of phenolic OH excluding ortho intramolecular Hbond substituents is 1. The number of halogens is 4. The summed E-state index contributed by atoms with van der Waals surface area (Å²) >= 11 is 25.5. The predicted molar refractivity (Wildman–Crippen MR) is 133 cm³/mol. The number of ether oxygens (including phenoxy) is 1. The Kier molecular flexibility index (Phi) is 6.69. The van der Waals surface area contributed by atoms with Crippen LogP contribution in [0.3, 0.4) is 0 Å². The van der Waals surface area contributed by atoms with Gasteiger partial charge in [0, 0.05) is 0 Å². The molecular formula is C24H16Cl4N2O4. The van der Waals surface area contributed by atoms with Crippen LogP contribution >= 0.6 is 46.4 Å². The van der Waals surface area contributed by atoms with Gasteiger partial charge in [0.1, 0.15) is 32.5 Å². The van der Waals surface area contributed by atoms with Crippen LogP contribution in [0.25, 0.3) is 5.69 Å². The molecule has 2 N–H and O–H groups in total. The van der Waals surface area contributed by atoms with E-state index in [1.54, 1.807) is 43.3 Å². The number of para-hydroxylation sites is 2. The van der Waals surface area contributed by atoms with Crippen molar-refractivity contribution in [2.75, 3.05) is 7.11 Å². The fourth-order valence-corrected chi connectivity index (χ4v) is 4.43. The Morgan fingerprint density at radius 3 is 2.35 bits per heavy atom. The molecule has 0 aliphatic carbocycles. The zero-order valence-corrected chi connectivity index (χ0v) is 20.8. The molecule has 0 atom stereocenters. The molecule has 0 spiro atoms. The standard InChI is InChI=1S/C24H16Cl4N2O4/c1-11-6-5-8-13(20(11)31)21(32)15-10-14(25)24(28)30(15)19-17(26)23(27)29-18(19)22(33)12-7-3-4-9-16(12)34-2/h3-10,29,31H,1-2H3. The molecular weight excluding hydrogens is 522 g/mol. The molecule has 0 aliphatic rings. The normalized spacial score (nSPS) is 11.0. The number of nitrogens with one attached hydrogen (secondary N) is 1. The average Bonchev–Trinajstić information content (AvgIpc) is 3.29. The van der Waals surface area contributed by atoms with Gasteiger partial charge in [0.15, 0.2) is 0 Å². The number of hydrogen-bond donors (Lipinski definition) is 2. The van der Waals surface area contributed by atoms with E-state index in [-0.39, 0.29) is 54.3 Å². The molecule has 0 amide bonds. The van der Waals surface area contributed by atoms with Crippen LogP contribution in [0.1, 0.15) is 37.7 Å². The smallest absolute Gasteiger partial charge is 0.215 e. The van der Waals surface area contributed by atoms with Crippen LogP contribution in [0.4, 0.5) is 0 Å². The molecule has 4 aromatic rings. The highest BCUT2D eigenvalue weighted by Crippen LogP contribution is 2.40. The third-order valence-corrected chi connectivity index (χ3v) is 6.79. The molecule has 0 bridgehead atoms. The van der Waals surface area contributed by atoms with Crippen molar-refractivity contribution in [3.8, 4) is 17.2 Å². The SMILES string of the molecule is COc1ccccc1C(=O)c1[nH]c(Cl)c(Cl)c1-n1c(C(=O)c2cccc(C)c2O)cc(Cl)c1Cl. The van der Waals surface area contributed by atoms with E-state index in [1.165, 1.54) is 23.8 Å². The number of aromatic nitrogens is 2. The van der Waals surface area contributed by atoms with E-state index in [4.69, 9.17) is 51.1 Å². The first kappa shape index (κ1) is 24.2. The predicted octanol–water partition coefficient (Wildman–Crippen LogP) is 6.90. The number of phenols is 1. The number of aromatic amines is 1. The third kappa shape index (κ3) is 3.97. The minimum atomic E-state index is -0.584. The number of carbonyl (C=O) groups excluding carboxylic acids is 2. The molecule has 2 aromatic heterocycles. The van der Waals surface area contributed by atoms with E-state index >= 15 is 0 Å². The summed E-state index contributed by atoms with van der Waals surface area (Å²) in [6.45, 7) is 1.66. The Hall–Kier alpha value is -2.90. The number of carbonyl (C=O) groups is 2. The summed E-state index contributed by atoms with van der Waals surface area (Å²) in [4.78, 5) is 29.7. The molecule has 174 valence electrons. The molecule has 0 unspecified atom stereocenters.